The predicted molar refractivity (Wildman–Crippen MR) is 73.9 cm³/mol. The van der Waals surface area contributed by atoms with E-state index in [0.717, 1.165) is 31.7 Å². The first-order valence-electron chi connectivity index (χ1n) is 6.53. The Hall–Kier alpha value is -1.11. The molecule has 1 amide bonds. The minimum atomic E-state index is -4.82. The summed E-state index contributed by atoms with van der Waals surface area (Å²) in [5.41, 5.74) is -2.03. The highest BCUT2D eigenvalue weighted by Crippen LogP contribution is 2.33. The second kappa shape index (κ2) is 5.94. The van der Waals surface area contributed by atoms with E-state index < -0.39 is 29.0 Å². The van der Waals surface area contributed by atoms with Gasteiger partial charge in [-0.15, -0.1) is 0 Å². The van der Waals surface area contributed by atoms with Crippen LogP contribution in [0.15, 0.2) is 18.2 Å². The van der Waals surface area contributed by atoms with Gasteiger partial charge in [0.1, 0.15) is 5.82 Å². The highest BCUT2D eigenvalue weighted by molar-refractivity contribution is 9.09. The maximum absolute atomic E-state index is 13.2. The average Bonchev–Trinajstić information content (AvgIpc) is 2.87. The molecule has 1 aromatic carbocycles. The summed E-state index contributed by atoms with van der Waals surface area (Å²) in [6.45, 7) is 0. The van der Waals surface area contributed by atoms with Crippen molar-refractivity contribution in [2.75, 3.05) is 5.33 Å². The zero-order valence-electron chi connectivity index (χ0n) is 11.1. The standard InChI is InChI=1S/C14H14BrF4NO/c15-8-13(5-1-2-6-13)20-12(21)9-3-4-11(16)10(7-9)14(17,18)19/h3-4,7H,1-2,5-6,8H2,(H,20,21). The maximum Gasteiger partial charge on any atom is 0.419 e. The summed E-state index contributed by atoms with van der Waals surface area (Å²) in [7, 11) is 0. The van der Waals surface area contributed by atoms with Crippen LogP contribution in [0.2, 0.25) is 0 Å². The number of carbonyl (C=O) groups excluding carboxylic acids is 1. The first-order chi connectivity index (χ1) is 9.77. The number of amides is 1. The van der Waals surface area contributed by atoms with Crippen LogP contribution >= 0.6 is 15.9 Å². The van der Waals surface area contributed by atoms with Gasteiger partial charge in [0, 0.05) is 10.9 Å². The van der Waals surface area contributed by atoms with E-state index in [2.05, 4.69) is 21.2 Å². The second-order valence-corrected chi connectivity index (χ2v) is 5.83. The molecular weight excluding hydrogens is 354 g/mol. The summed E-state index contributed by atoms with van der Waals surface area (Å²) < 4.78 is 51.2. The van der Waals surface area contributed by atoms with E-state index in [1.807, 2.05) is 0 Å². The molecule has 0 radical (unpaired) electrons. The number of hydrogen-bond acceptors (Lipinski definition) is 1. The number of carbonyl (C=O) groups is 1. The van der Waals surface area contributed by atoms with Crippen LogP contribution in [0.3, 0.4) is 0 Å². The van der Waals surface area contributed by atoms with E-state index in [1.54, 1.807) is 0 Å². The molecule has 1 saturated carbocycles. The van der Waals surface area contributed by atoms with Crippen molar-refractivity contribution in [2.24, 2.45) is 0 Å². The van der Waals surface area contributed by atoms with E-state index in [1.165, 1.54) is 0 Å². The van der Waals surface area contributed by atoms with Gasteiger partial charge in [-0.25, -0.2) is 4.39 Å². The van der Waals surface area contributed by atoms with Crippen LogP contribution in [0.5, 0.6) is 0 Å². The normalized spacial score (nSPS) is 17.8. The molecule has 1 aliphatic carbocycles. The first-order valence-corrected chi connectivity index (χ1v) is 7.65. The van der Waals surface area contributed by atoms with Gasteiger partial charge in [-0.3, -0.25) is 4.79 Å². The van der Waals surface area contributed by atoms with Gasteiger partial charge in [0.2, 0.25) is 0 Å². The zero-order valence-corrected chi connectivity index (χ0v) is 12.7. The fourth-order valence-electron chi connectivity index (χ4n) is 2.54. The number of alkyl halides is 4. The summed E-state index contributed by atoms with van der Waals surface area (Å²) in [4.78, 5) is 12.1. The lowest BCUT2D eigenvalue weighted by molar-refractivity contribution is -0.140. The summed E-state index contributed by atoms with van der Waals surface area (Å²) in [5, 5.41) is 3.32. The molecule has 7 heteroatoms. The highest BCUT2D eigenvalue weighted by Gasteiger charge is 2.37. The quantitative estimate of drug-likeness (QED) is 0.626. The lowest BCUT2D eigenvalue weighted by Crippen LogP contribution is -2.47. The first kappa shape index (κ1) is 16.3. The Morgan fingerprint density at radius 2 is 1.90 bits per heavy atom. The zero-order chi connectivity index (χ0) is 15.7. The van der Waals surface area contributed by atoms with E-state index in [-0.39, 0.29) is 5.56 Å². The Kier molecular flexibility index (Phi) is 4.60. The fourth-order valence-corrected chi connectivity index (χ4v) is 3.24. The Morgan fingerprint density at radius 1 is 1.29 bits per heavy atom. The number of rotatable bonds is 3. The Morgan fingerprint density at radius 3 is 2.43 bits per heavy atom. The molecule has 0 spiro atoms. The van der Waals surface area contributed by atoms with Gasteiger partial charge < -0.3 is 5.32 Å². The fraction of sp³-hybridized carbons (Fsp3) is 0.500. The molecular formula is C14H14BrF4NO. The van der Waals surface area contributed by atoms with Crippen LogP contribution in [-0.4, -0.2) is 16.8 Å². The molecule has 1 aliphatic rings. The van der Waals surface area contributed by atoms with Crippen molar-refractivity contribution in [3.05, 3.63) is 35.1 Å². The molecule has 0 aliphatic heterocycles. The third-order valence-electron chi connectivity index (χ3n) is 3.73. The third-order valence-corrected chi connectivity index (χ3v) is 4.80. The van der Waals surface area contributed by atoms with Gasteiger partial charge in [0.25, 0.3) is 5.91 Å². The molecule has 0 aromatic heterocycles. The lowest BCUT2D eigenvalue weighted by Gasteiger charge is -2.28. The van der Waals surface area contributed by atoms with Crippen molar-refractivity contribution in [1.82, 2.24) is 5.32 Å². The van der Waals surface area contributed by atoms with E-state index in [0.29, 0.717) is 17.5 Å². The van der Waals surface area contributed by atoms with Crippen molar-refractivity contribution in [2.45, 2.75) is 37.4 Å². The van der Waals surface area contributed by atoms with Crippen LogP contribution in [0.1, 0.15) is 41.6 Å². The second-order valence-electron chi connectivity index (χ2n) is 5.27. The topological polar surface area (TPSA) is 29.1 Å². The Labute approximate surface area is 128 Å². The molecule has 1 N–H and O–H groups in total. The summed E-state index contributed by atoms with van der Waals surface area (Å²) in [6, 6.07) is 2.30. The molecule has 0 saturated heterocycles. The van der Waals surface area contributed by atoms with Gasteiger partial charge in [-0.05, 0) is 31.0 Å². The predicted octanol–water partition coefficient (Wildman–Crippen LogP) is 4.28. The van der Waals surface area contributed by atoms with Gasteiger partial charge in [-0.1, -0.05) is 28.8 Å². The number of halogens is 5. The smallest absolute Gasteiger partial charge is 0.346 e. The van der Waals surface area contributed by atoms with Crippen LogP contribution in [0.25, 0.3) is 0 Å². The van der Waals surface area contributed by atoms with Crippen molar-refractivity contribution in [3.8, 4) is 0 Å². The summed E-state index contributed by atoms with van der Waals surface area (Å²) in [5.74, 6) is -1.99. The Balaban J connectivity index is 2.24. The molecule has 116 valence electrons. The van der Waals surface area contributed by atoms with E-state index >= 15 is 0 Å². The number of hydrogen-bond donors (Lipinski definition) is 1. The average molecular weight is 368 g/mol. The largest absolute Gasteiger partial charge is 0.419 e. The SMILES string of the molecule is O=C(NC1(CBr)CCCC1)c1ccc(F)c(C(F)(F)F)c1. The molecule has 0 heterocycles. The van der Waals surface area contributed by atoms with E-state index in [9.17, 15) is 22.4 Å². The van der Waals surface area contributed by atoms with Crippen molar-refractivity contribution in [3.63, 3.8) is 0 Å². The molecule has 0 bridgehead atoms. The van der Waals surface area contributed by atoms with Crippen molar-refractivity contribution >= 4 is 21.8 Å². The van der Waals surface area contributed by atoms with Crippen LogP contribution < -0.4 is 5.32 Å². The Bertz CT molecular complexity index is 538. The van der Waals surface area contributed by atoms with Crippen LogP contribution in [0.4, 0.5) is 17.6 Å². The van der Waals surface area contributed by atoms with E-state index in [4.69, 9.17) is 0 Å². The third kappa shape index (κ3) is 3.56. The van der Waals surface area contributed by atoms with Crippen molar-refractivity contribution < 1.29 is 22.4 Å². The van der Waals surface area contributed by atoms with Crippen LogP contribution in [-0.2, 0) is 6.18 Å². The van der Waals surface area contributed by atoms with Crippen molar-refractivity contribution in [1.29, 1.82) is 0 Å². The molecule has 1 aromatic rings. The van der Waals surface area contributed by atoms with Gasteiger partial charge in [0.15, 0.2) is 0 Å². The van der Waals surface area contributed by atoms with Gasteiger partial charge in [-0.2, -0.15) is 13.2 Å². The monoisotopic (exact) mass is 367 g/mol. The number of benzene rings is 1. The molecule has 2 nitrogen and oxygen atoms in total. The molecule has 21 heavy (non-hydrogen) atoms. The summed E-state index contributed by atoms with van der Waals surface area (Å²) >= 11 is 3.34. The molecule has 2 rings (SSSR count). The summed E-state index contributed by atoms with van der Waals surface area (Å²) in [6.07, 6.45) is -1.35. The maximum atomic E-state index is 13.2. The lowest BCUT2D eigenvalue weighted by atomic mass is 9.99. The molecule has 0 unspecified atom stereocenters. The highest BCUT2D eigenvalue weighted by atomic mass is 79.9. The minimum Gasteiger partial charge on any atom is -0.346 e. The number of nitrogens with one attached hydrogen (secondary N) is 1. The van der Waals surface area contributed by atoms with Crippen LogP contribution in [0, 0.1) is 5.82 Å². The van der Waals surface area contributed by atoms with Gasteiger partial charge >= 0.3 is 6.18 Å². The van der Waals surface area contributed by atoms with Gasteiger partial charge in [0.05, 0.1) is 11.1 Å². The molecule has 1 fully saturated rings. The molecule has 0 atom stereocenters. The minimum absolute atomic E-state index is 0.184.